The lowest BCUT2D eigenvalue weighted by Gasteiger charge is -2.24. The minimum Gasteiger partial charge on any atom is -0.477 e. The molecule has 0 saturated carbocycles. The Hall–Kier alpha value is -3.50. The van der Waals surface area contributed by atoms with E-state index in [1.807, 2.05) is 0 Å². The van der Waals surface area contributed by atoms with Gasteiger partial charge in [0.2, 0.25) is 5.88 Å². The number of anilines is 2. The molecule has 1 aliphatic rings. The smallest absolute Gasteiger partial charge is 0.261 e. The van der Waals surface area contributed by atoms with Gasteiger partial charge in [-0.25, -0.2) is 14.4 Å². The van der Waals surface area contributed by atoms with Crippen LogP contribution in [-0.4, -0.2) is 44.8 Å². The number of pyridine rings is 1. The number of rotatable bonds is 6. The number of nitrogens with zero attached hydrogens (tertiary/aromatic N) is 3. The third-order valence-electron chi connectivity index (χ3n) is 5.08. The molecule has 3 aromatic rings. The first-order chi connectivity index (χ1) is 15.9. The average Bonchev–Trinajstić information content (AvgIpc) is 2.82. The Kier molecular flexibility index (Phi) is 6.57. The molecule has 1 amide bonds. The Labute approximate surface area is 193 Å². The molecule has 0 bridgehead atoms. The van der Waals surface area contributed by atoms with Crippen molar-refractivity contribution in [2.24, 2.45) is 0 Å². The van der Waals surface area contributed by atoms with E-state index >= 15 is 0 Å². The Morgan fingerprint density at radius 2 is 2.18 bits per heavy atom. The molecule has 172 valence electrons. The number of hydrogen-bond acceptors (Lipinski definition) is 7. The topological polar surface area (TPSA) is 118 Å². The molecule has 1 unspecified atom stereocenters. The lowest BCUT2D eigenvalue weighted by Crippen LogP contribution is -2.35. The molecule has 0 radical (unpaired) electrons. The third kappa shape index (κ3) is 4.67. The molecule has 3 N–H and O–H groups in total. The SMILES string of the molecule is CC(CO)NC(=O)c1cncnc1Nc1cc(-c2cc(Cl)ccc2F)c(=O)n2c1OCCC2. The van der Waals surface area contributed by atoms with E-state index in [9.17, 15) is 19.1 Å². The molecule has 2 aromatic heterocycles. The first-order valence-corrected chi connectivity index (χ1v) is 10.6. The summed E-state index contributed by atoms with van der Waals surface area (Å²) < 4.78 is 21.7. The van der Waals surface area contributed by atoms with Crippen LogP contribution in [0, 0.1) is 5.82 Å². The first kappa shape index (κ1) is 22.7. The summed E-state index contributed by atoms with van der Waals surface area (Å²) in [7, 11) is 0. The fourth-order valence-corrected chi connectivity index (χ4v) is 3.63. The van der Waals surface area contributed by atoms with E-state index in [1.54, 1.807) is 6.92 Å². The number of fused-ring (bicyclic) bond motifs is 1. The zero-order chi connectivity index (χ0) is 23.5. The van der Waals surface area contributed by atoms with Gasteiger partial charge in [0.25, 0.3) is 11.5 Å². The number of carbonyl (C=O) groups excluding carboxylic acids is 1. The van der Waals surface area contributed by atoms with E-state index in [0.29, 0.717) is 25.3 Å². The summed E-state index contributed by atoms with van der Waals surface area (Å²) in [5.74, 6) is -0.685. The normalized spacial score (nSPS) is 13.6. The van der Waals surface area contributed by atoms with Crippen LogP contribution < -0.4 is 20.9 Å². The number of carbonyl (C=O) groups is 1. The number of amides is 1. The van der Waals surface area contributed by atoms with Gasteiger partial charge >= 0.3 is 0 Å². The summed E-state index contributed by atoms with van der Waals surface area (Å²) in [6.45, 7) is 2.18. The number of nitrogens with one attached hydrogen (secondary N) is 2. The molecule has 11 heteroatoms. The van der Waals surface area contributed by atoms with E-state index in [-0.39, 0.29) is 40.0 Å². The number of aliphatic hydroxyl groups is 1. The number of ether oxygens (including phenoxy) is 1. The van der Waals surface area contributed by atoms with E-state index in [4.69, 9.17) is 16.3 Å². The molecule has 0 saturated heterocycles. The van der Waals surface area contributed by atoms with Crippen LogP contribution in [-0.2, 0) is 6.54 Å². The van der Waals surface area contributed by atoms with Crippen molar-refractivity contribution in [1.29, 1.82) is 0 Å². The maximum atomic E-state index is 14.6. The van der Waals surface area contributed by atoms with Crippen molar-refractivity contribution in [1.82, 2.24) is 19.9 Å². The van der Waals surface area contributed by atoms with Crippen LogP contribution in [0.4, 0.5) is 15.9 Å². The van der Waals surface area contributed by atoms with Gasteiger partial charge in [0, 0.05) is 29.4 Å². The zero-order valence-corrected chi connectivity index (χ0v) is 18.4. The third-order valence-corrected chi connectivity index (χ3v) is 5.32. The number of aromatic nitrogens is 3. The van der Waals surface area contributed by atoms with Gasteiger partial charge in [-0.3, -0.25) is 14.2 Å². The van der Waals surface area contributed by atoms with Crippen LogP contribution in [0.15, 0.2) is 41.6 Å². The number of hydrogen-bond donors (Lipinski definition) is 3. The molecule has 1 aliphatic heterocycles. The van der Waals surface area contributed by atoms with E-state index in [0.717, 1.165) is 0 Å². The number of benzene rings is 1. The highest BCUT2D eigenvalue weighted by molar-refractivity contribution is 6.30. The lowest BCUT2D eigenvalue weighted by molar-refractivity contribution is 0.0922. The number of halogens is 2. The Morgan fingerprint density at radius 1 is 1.36 bits per heavy atom. The van der Waals surface area contributed by atoms with Crippen LogP contribution >= 0.6 is 11.6 Å². The first-order valence-electron chi connectivity index (χ1n) is 10.2. The molecule has 3 heterocycles. The van der Waals surface area contributed by atoms with Crippen LogP contribution in [0.1, 0.15) is 23.7 Å². The molecular weight excluding hydrogens is 453 g/mol. The minimum atomic E-state index is -0.597. The van der Waals surface area contributed by atoms with Crippen molar-refractivity contribution >= 4 is 29.0 Å². The van der Waals surface area contributed by atoms with Crippen molar-refractivity contribution in [2.75, 3.05) is 18.5 Å². The van der Waals surface area contributed by atoms with Crippen LogP contribution in [0.25, 0.3) is 11.1 Å². The summed E-state index contributed by atoms with van der Waals surface area (Å²) in [5.41, 5.74) is 0.157. The summed E-state index contributed by atoms with van der Waals surface area (Å²) in [4.78, 5) is 33.8. The van der Waals surface area contributed by atoms with E-state index < -0.39 is 23.3 Å². The van der Waals surface area contributed by atoms with Gasteiger partial charge in [-0.2, -0.15) is 0 Å². The molecule has 1 aromatic carbocycles. The largest absolute Gasteiger partial charge is 0.477 e. The maximum absolute atomic E-state index is 14.6. The zero-order valence-electron chi connectivity index (χ0n) is 17.6. The molecule has 33 heavy (non-hydrogen) atoms. The summed E-state index contributed by atoms with van der Waals surface area (Å²) in [5, 5.41) is 15.2. The fourth-order valence-electron chi connectivity index (χ4n) is 3.46. The van der Waals surface area contributed by atoms with Crippen LogP contribution in [0.2, 0.25) is 5.02 Å². The van der Waals surface area contributed by atoms with Crippen molar-refractivity contribution in [3.05, 3.63) is 63.5 Å². The van der Waals surface area contributed by atoms with Gasteiger partial charge in [0.15, 0.2) is 0 Å². The second-order valence-corrected chi connectivity index (χ2v) is 7.96. The van der Waals surface area contributed by atoms with Crippen LogP contribution in [0.5, 0.6) is 5.88 Å². The summed E-state index contributed by atoms with van der Waals surface area (Å²) in [6, 6.07) is 4.95. The average molecular weight is 474 g/mol. The van der Waals surface area contributed by atoms with E-state index in [1.165, 1.54) is 41.4 Å². The lowest BCUT2D eigenvalue weighted by atomic mass is 10.1. The molecule has 0 fully saturated rings. The minimum absolute atomic E-state index is 0.0499. The van der Waals surface area contributed by atoms with Crippen LogP contribution in [0.3, 0.4) is 0 Å². The Bertz CT molecular complexity index is 1270. The second kappa shape index (κ2) is 9.55. The van der Waals surface area contributed by atoms with Gasteiger partial charge < -0.3 is 20.5 Å². The molecule has 4 rings (SSSR count). The molecule has 1 atom stereocenters. The highest BCUT2D eigenvalue weighted by atomic mass is 35.5. The predicted octanol–water partition coefficient (Wildman–Crippen LogP) is 2.73. The van der Waals surface area contributed by atoms with Gasteiger partial charge in [0.05, 0.1) is 18.8 Å². The quantitative estimate of drug-likeness (QED) is 0.503. The molecular formula is C22H21ClFN5O4. The number of aliphatic hydroxyl groups excluding tert-OH is 1. The predicted molar refractivity (Wildman–Crippen MR) is 121 cm³/mol. The van der Waals surface area contributed by atoms with Crippen molar-refractivity contribution in [2.45, 2.75) is 25.9 Å². The highest BCUT2D eigenvalue weighted by Crippen LogP contribution is 2.34. The Morgan fingerprint density at radius 3 is 2.97 bits per heavy atom. The maximum Gasteiger partial charge on any atom is 0.261 e. The van der Waals surface area contributed by atoms with Gasteiger partial charge in [-0.1, -0.05) is 11.6 Å². The van der Waals surface area contributed by atoms with Gasteiger partial charge in [0.1, 0.15) is 29.2 Å². The summed E-state index contributed by atoms with van der Waals surface area (Å²) in [6.07, 6.45) is 3.19. The van der Waals surface area contributed by atoms with Gasteiger partial charge in [-0.15, -0.1) is 0 Å². The standard InChI is InChI=1S/C22H21ClFN5O4/c1-12(10-30)27-20(31)16-9-25-11-26-19(16)28-18-8-15(14-7-13(23)3-4-17(14)24)21(32)29-5-2-6-33-22(18)29/h3-4,7-9,11-12,30H,2,5-6,10H2,1H3,(H,27,31)(H,25,26,28). The van der Waals surface area contributed by atoms with E-state index in [2.05, 4.69) is 20.6 Å². The highest BCUT2D eigenvalue weighted by Gasteiger charge is 2.24. The van der Waals surface area contributed by atoms with Crippen molar-refractivity contribution < 1.29 is 19.0 Å². The van der Waals surface area contributed by atoms with Crippen molar-refractivity contribution in [3.63, 3.8) is 0 Å². The molecule has 9 nitrogen and oxygen atoms in total. The summed E-state index contributed by atoms with van der Waals surface area (Å²) >= 11 is 6.05. The second-order valence-electron chi connectivity index (χ2n) is 7.53. The fraction of sp³-hybridized carbons (Fsp3) is 0.273. The monoisotopic (exact) mass is 473 g/mol. The molecule has 0 aliphatic carbocycles. The Balaban J connectivity index is 1.82. The van der Waals surface area contributed by atoms with Gasteiger partial charge in [-0.05, 0) is 37.6 Å². The molecule has 0 spiro atoms. The van der Waals surface area contributed by atoms with Crippen molar-refractivity contribution in [3.8, 4) is 17.0 Å².